The molecule has 2 rings (SSSR count). The van der Waals surface area contributed by atoms with Crippen molar-refractivity contribution in [2.45, 2.75) is 46.1 Å². The number of hydrogen-bond donors (Lipinski definition) is 1. The van der Waals surface area contributed by atoms with Crippen molar-refractivity contribution < 1.29 is 5.11 Å². The Labute approximate surface area is 126 Å². The Hall–Kier alpha value is 1.96. The van der Waals surface area contributed by atoms with E-state index in [9.17, 15) is 5.11 Å². The van der Waals surface area contributed by atoms with E-state index in [4.69, 9.17) is 0 Å². The molecule has 3 heteroatoms. The van der Waals surface area contributed by atoms with Crippen LogP contribution in [0.25, 0.3) is 0 Å². The van der Waals surface area contributed by atoms with Gasteiger partial charge < -0.3 is 5.11 Å². The topological polar surface area (TPSA) is 20.2 Å². The Morgan fingerprint density at radius 3 is 1.85 bits per heavy atom. The van der Waals surface area contributed by atoms with Gasteiger partial charge in [0.2, 0.25) is 0 Å². The second-order valence-corrected chi connectivity index (χ2v) is 5.13. The molecule has 0 aromatic rings. The average molecular weight is 202 g/mol. The van der Waals surface area contributed by atoms with Crippen LogP contribution < -0.4 is 0 Å². The minimum atomic E-state index is -0.0313. The molecule has 2 fully saturated rings. The van der Waals surface area contributed by atoms with Gasteiger partial charge in [0.05, 0.1) is 6.10 Å². The van der Waals surface area contributed by atoms with E-state index in [0.717, 1.165) is 12.3 Å². The summed E-state index contributed by atoms with van der Waals surface area (Å²) in [6.45, 7) is 6.90. The standard InChI is InChI=1S/C10H18O.2Na.2H/c1-9(2)7-4-5-10(9,3)8(11)6-7;;;;/h7-8,11H,4-6H2,1-3H3;;;;/t7-,8+,10-;;;;/m1..../s1. The van der Waals surface area contributed by atoms with E-state index >= 15 is 0 Å². The molecule has 13 heavy (non-hydrogen) atoms. The van der Waals surface area contributed by atoms with Crippen LogP contribution in [-0.4, -0.2) is 70.3 Å². The van der Waals surface area contributed by atoms with Gasteiger partial charge in [0, 0.05) is 0 Å². The molecule has 2 bridgehead atoms. The Morgan fingerprint density at radius 2 is 1.69 bits per heavy atom. The second kappa shape index (κ2) is 4.45. The molecule has 0 aliphatic heterocycles. The monoisotopic (exact) mass is 202 g/mol. The first kappa shape index (κ1) is 15.0. The van der Waals surface area contributed by atoms with Crippen molar-refractivity contribution in [3.8, 4) is 0 Å². The molecule has 0 aromatic carbocycles. The second-order valence-electron chi connectivity index (χ2n) is 5.13. The fraction of sp³-hybridized carbons (Fsp3) is 1.00. The molecule has 2 saturated carbocycles. The van der Waals surface area contributed by atoms with Gasteiger partial charge in [0.15, 0.2) is 0 Å². The molecule has 0 radical (unpaired) electrons. The summed E-state index contributed by atoms with van der Waals surface area (Å²) in [5.41, 5.74) is 0.601. The van der Waals surface area contributed by atoms with Crippen LogP contribution in [0, 0.1) is 16.7 Å². The summed E-state index contributed by atoms with van der Waals surface area (Å²) in [6.07, 6.45) is 3.58. The summed E-state index contributed by atoms with van der Waals surface area (Å²) in [6, 6.07) is 0. The molecule has 2 aliphatic carbocycles. The molecule has 0 amide bonds. The van der Waals surface area contributed by atoms with E-state index in [1.54, 1.807) is 0 Å². The Kier molecular flexibility index (Phi) is 5.12. The summed E-state index contributed by atoms with van der Waals surface area (Å²) in [7, 11) is 0. The zero-order valence-corrected chi connectivity index (χ0v) is 7.72. The predicted molar refractivity (Wildman–Crippen MR) is 59.5 cm³/mol. The van der Waals surface area contributed by atoms with Crippen LogP contribution in [0.2, 0.25) is 0 Å². The van der Waals surface area contributed by atoms with Crippen LogP contribution in [0.4, 0.5) is 0 Å². The molecule has 0 unspecified atom stereocenters. The minimum absolute atomic E-state index is 0. The fourth-order valence-electron chi connectivity index (χ4n) is 3.16. The molecular weight excluding hydrogens is 182 g/mol. The van der Waals surface area contributed by atoms with Gasteiger partial charge in [-0.1, -0.05) is 20.8 Å². The van der Waals surface area contributed by atoms with Crippen molar-refractivity contribution in [2.75, 3.05) is 0 Å². The van der Waals surface area contributed by atoms with E-state index in [2.05, 4.69) is 20.8 Å². The SMILES string of the molecule is CC1(C)[C@@H]2CC[C@]1(C)[C@@H](O)C2.[NaH].[NaH]. The predicted octanol–water partition coefficient (Wildman–Crippen LogP) is 0.896. The van der Waals surface area contributed by atoms with Crippen molar-refractivity contribution >= 4 is 59.1 Å². The van der Waals surface area contributed by atoms with Crippen LogP contribution in [0.5, 0.6) is 0 Å². The average Bonchev–Trinajstić information content (AvgIpc) is 2.20. The van der Waals surface area contributed by atoms with Crippen molar-refractivity contribution in [3.63, 3.8) is 0 Å². The molecule has 0 saturated heterocycles. The molecule has 1 N–H and O–H groups in total. The first-order valence-corrected chi connectivity index (χ1v) is 4.66. The van der Waals surface area contributed by atoms with Crippen LogP contribution >= 0.6 is 0 Å². The van der Waals surface area contributed by atoms with Crippen molar-refractivity contribution in [1.82, 2.24) is 0 Å². The molecule has 3 atom stereocenters. The van der Waals surface area contributed by atoms with Crippen LogP contribution in [0.15, 0.2) is 0 Å². The molecule has 0 heterocycles. The van der Waals surface area contributed by atoms with Gasteiger partial charge in [-0.15, -0.1) is 0 Å². The van der Waals surface area contributed by atoms with E-state index in [1.165, 1.54) is 12.8 Å². The van der Waals surface area contributed by atoms with Crippen molar-refractivity contribution in [2.24, 2.45) is 16.7 Å². The number of aliphatic hydroxyl groups excluding tert-OH is 1. The van der Waals surface area contributed by atoms with Gasteiger partial charge in [-0.25, -0.2) is 0 Å². The maximum atomic E-state index is 9.81. The molecule has 0 spiro atoms. The quantitative estimate of drug-likeness (QED) is 0.579. The number of hydrogen-bond acceptors (Lipinski definition) is 1. The van der Waals surface area contributed by atoms with Gasteiger partial charge in [-0.05, 0) is 36.0 Å². The molecule has 68 valence electrons. The zero-order valence-electron chi connectivity index (χ0n) is 7.72. The van der Waals surface area contributed by atoms with E-state index < -0.39 is 0 Å². The van der Waals surface area contributed by atoms with Gasteiger partial charge in [-0.2, -0.15) is 0 Å². The number of aliphatic hydroxyl groups is 1. The van der Waals surface area contributed by atoms with Gasteiger partial charge in [0.1, 0.15) is 0 Å². The Balaban J connectivity index is 0.000000720. The Morgan fingerprint density at radius 1 is 1.15 bits per heavy atom. The van der Waals surface area contributed by atoms with Gasteiger partial charge in [0.25, 0.3) is 0 Å². The summed E-state index contributed by atoms with van der Waals surface area (Å²) < 4.78 is 0. The van der Waals surface area contributed by atoms with Gasteiger partial charge >= 0.3 is 59.1 Å². The van der Waals surface area contributed by atoms with E-state index in [-0.39, 0.29) is 70.6 Å². The first-order valence-electron chi connectivity index (χ1n) is 4.66. The van der Waals surface area contributed by atoms with E-state index in [0.29, 0.717) is 5.41 Å². The third-order valence-corrected chi connectivity index (χ3v) is 4.75. The van der Waals surface area contributed by atoms with Crippen molar-refractivity contribution in [1.29, 1.82) is 0 Å². The third kappa shape index (κ3) is 1.84. The normalized spacial score (nSPS) is 45.2. The van der Waals surface area contributed by atoms with E-state index in [1.807, 2.05) is 0 Å². The third-order valence-electron chi connectivity index (χ3n) is 4.75. The molecule has 1 nitrogen and oxygen atoms in total. The zero-order chi connectivity index (χ0) is 8.28. The molecule has 2 aliphatic rings. The summed E-state index contributed by atoms with van der Waals surface area (Å²) in [4.78, 5) is 0. The summed E-state index contributed by atoms with van der Waals surface area (Å²) in [5, 5.41) is 9.81. The molecule has 0 aromatic heterocycles. The first-order chi connectivity index (χ1) is 4.98. The molecular formula is C10H20Na2O. The van der Waals surface area contributed by atoms with Crippen LogP contribution in [0.1, 0.15) is 40.0 Å². The van der Waals surface area contributed by atoms with Crippen LogP contribution in [-0.2, 0) is 0 Å². The van der Waals surface area contributed by atoms with Gasteiger partial charge in [-0.3, -0.25) is 0 Å². The summed E-state index contributed by atoms with van der Waals surface area (Å²) in [5.74, 6) is 0.780. The number of rotatable bonds is 0. The summed E-state index contributed by atoms with van der Waals surface area (Å²) >= 11 is 0. The Bertz CT molecular complexity index is 193. The fourth-order valence-corrected chi connectivity index (χ4v) is 3.16. The van der Waals surface area contributed by atoms with Crippen molar-refractivity contribution in [3.05, 3.63) is 0 Å². The maximum absolute atomic E-state index is 9.81. The van der Waals surface area contributed by atoms with Crippen LogP contribution in [0.3, 0.4) is 0 Å². The number of fused-ring (bicyclic) bond motifs is 2.